The van der Waals surface area contributed by atoms with Crippen molar-refractivity contribution in [1.82, 2.24) is 14.8 Å². The van der Waals surface area contributed by atoms with E-state index in [1.165, 1.54) is 32.1 Å². The van der Waals surface area contributed by atoms with E-state index in [4.69, 9.17) is 11.6 Å². The molecule has 21 heavy (non-hydrogen) atoms. The third-order valence-corrected chi connectivity index (χ3v) is 4.33. The Labute approximate surface area is 129 Å². The summed E-state index contributed by atoms with van der Waals surface area (Å²) < 4.78 is 2.07. The van der Waals surface area contributed by atoms with Crippen molar-refractivity contribution in [3.05, 3.63) is 47.0 Å². The fraction of sp³-hybridized carbons (Fsp3) is 0.500. The van der Waals surface area contributed by atoms with E-state index in [0.29, 0.717) is 23.2 Å². The zero-order valence-corrected chi connectivity index (χ0v) is 12.7. The second kappa shape index (κ2) is 6.58. The van der Waals surface area contributed by atoms with Gasteiger partial charge in [0.1, 0.15) is 6.10 Å². The molecule has 2 heterocycles. The van der Waals surface area contributed by atoms with Gasteiger partial charge in [-0.3, -0.25) is 9.67 Å². The maximum atomic E-state index is 10.2. The molecule has 1 aliphatic rings. The smallest absolute Gasteiger partial charge is 0.102 e. The molecule has 2 aromatic heterocycles. The minimum atomic E-state index is -0.642. The molecule has 4 nitrogen and oxygen atoms in total. The topological polar surface area (TPSA) is 50.9 Å². The Hall–Kier alpha value is -1.39. The molecule has 1 N–H and O–H groups in total. The number of halogens is 1. The summed E-state index contributed by atoms with van der Waals surface area (Å²) in [5.41, 5.74) is 1.54. The molecule has 1 fully saturated rings. The highest BCUT2D eigenvalue weighted by molar-refractivity contribution is 6.30. The maximum Gasteiger partial charge on any atom is 0.102 e. The van der Waals surface area contributed by atoms with Crippen molar-refractivity contribution in [2.75, 3.05) is 0 Å². The van der Waals surface area contributed by atoms with Crippen LogP contribution in [0.2, 0.25) is 5.02 Å². The fourth-order valence-corrected chi connectivity index (χ4v) is 3.03. The SMILES string of the molecule is OC(Cc1ccn(C2CCCCC2)n1)c1ccc(Cl)cn1. The highest BCUT2D eigenvalue weighted by Crippen LogP contribution is 2.27. The van der Waals surface area contributed by atoms with E-state index in [0.717, 1.165) is 5.69 Å². The van der Waals surface area contributed by atoms with Gasteiger partial charge in [0.2, 0.25) is 0 Å². The van der Waals surface area contributed by atoms with Gasteiger partial charge in [0, 0.05) is 18.8 Å². The minimum absolute atomic E-state index is 0.481. The Morgan fingerprint density at radius 2 is 2.05 bits per heavy atom. The largest absolute Gasteiger partial charge is 0.386 e. The van der Waals surface area contributed by atoms with Gasteiger partial charge >= 0.3 is 0 Å². The highest BCUT2D eigenvalue weighted by atomic mass is 35.5. The summed E-state index contributed by atoms with van der Waals surface area (Å²) in [6.07, 6.45) is 9.77. The lowest BCUT2D eigenvalue weighted by Gasteiger charge is -2.21. The number of pyridine rings is 1. The molecule has 1 aliphatic carbocycles. The maximum absolute atomic E-state index is 10.2. The number of aliphatic hydroxyl groups is 1. The number of aliphatic hydroxyl groups excluding tert-OH is 1. The van der Waals surface area contributed by atoms with Crippen LogP contribution in [0.15, 0.2) is 30.6 Å². The van der Waals surface area contributed by atoms with Crippen LogP contribution in [0.1, 0.15) is 55.6 Å². The molecule has 0 saturated heterocycles. The summed E-state index contributed by atoms with van der Waals surface area (Å²) in [5, 5.41) is 15.4. The summed E-state index contributed by atoms with van der Waals surface area (Å²) in [6.45, 7) is 0. The normalized spacial score (nSPS) is 17.8. The van der Waals surface area contributed by atoms with Gasteiger partial charge in [0.05, 0.1) is 22.5 Å². The lowest BCUT2D eigenvalue weighted by atomic mass is 9.96. The van der Waals surface area contributed by atoms with E-state index in [-0.39, 0.29) is 0 Å². The molecular weight excluding hydrogens is 286 g/mol. The van der Waals surface area contributed by atoms with Crippen LogP contribution < -0.4 is 0 Å². The quantitative estimate of drug-likeness (QED) is 0.936. The van der Waals surface area contributed by atoms with Crippen LogP contribution in [-0.4, -0.2) is 19.9 Å². The van der Waals surface area contributed by atoms with Crippen LogP contribution in [0.3, 0.4) is 0 Å². The van der Waals surface area contributed by atoms with Gasteiger partial charge < -0.3 is 5.11 Å². The molecule has 1 saturated carbocycles. The van der Waals surface area contributed by atoms with Crippen LogP contribution >= 0.6 is 11.6 Å². The molecule has 2 aromatic rings. The van der Waals surface area contributed by atoms with E-state index in [9.17, 15) is 5.11 Å². The van der Waals surface area contributed by atoms with Gasteiger partial charge in [-0.2, -0.15) is 5.10 Å². The number of hydrogen-bond donors (Lipinski definition) is 1. The standard InChI is InChI=1S/C16H20ClN3O/c17-12-6-7-15(18-11-12)16(21)10-13-8-9-20(19-13)14-4-2-1-3-5-14/h6-9,11,14,16,21H,1-5,10H2. The summed E-state index contributed by atoms with van der Waals surface area (Å²) >= 11 is 5.81. The van der Waals surface area contributed by atoms with Crippen molar-refractivity contribution in [2.24, 2.45) is 0 Å². The molecule has 0 aromatic carbocycles. The Morgan fingerprint density at radius 1 is 1.24 bits per heavy atom. The zero-order valence-electron chi connectivity index (χ0n) is 12.0. The van der Waals surface area contributed by atoms with Crippen LogP contribution in [0.4, 0.5) is 0 Å². The van der Waals surface area contributed by atoms with Crippen molar-refractivity contribution in [1.29, 1.82) is 0 Å². The molecule has 0 aliphatic heterocycles. The first-order chi connectivity index (χ1) is 10.2. The first-order valence-corrected chi connectivity index (χ1v) is 7.94. The van der Waals surface area contributed by atoms with Crippen LogP contribution in [0.5, 0.6) is 0 Å². The molecule has 0 amide bonds. The Bertz CT molecular complexity index is 575. The zero-order chi connectivity index (χ0) is 14.7. The molecule has 1 unspecified atom stereocenters. The third-order valence-electron chi connectivity index (χ3n) is 4.11. The molecular formula is C16H20ClN3O. The van der Waals surface area contributed by atoms with Crippen LogP contribution in [0, 0.1) is 0 Å². The minimum Gasteiger partial charge on any atom is -0.386 e. The number of rotatable bonds is 4. The second-order valence-electron chi connectivity index (χ2n) is 5.70. The predicted molar refractivity (Wildman–Crippen MR) is 82.3 cm³/mol. The predicted octanol–water partition coefficient (Wildman–Crippen LogP) is 3.71. The van der Waals surface area contributed by atoms with Gasteiger partial charge in [-0.15, -0.1) is 0 Å². The van der Waals surface area contributed by atoms with Crippen molar-refractivity contribution < 1.29 is 5.11 Å². The molecule has 0 spiro atoms. The molecule has 3 rings (SSSR count). The summed E-state index contributed by atoms with van der Waals surface area (Å²) in [6, 6.07) is 6.02. The fourth-order valence-electron chi connectivity index (χ4n) is 2.92. The molecule has 112 valence electrons. The van der Waals surface area contributed by atoms with Crippen molar-refractivity contribution >= 4 is 11.6 Å². The van der Waals surface area contributed by atoms with Crippen LogP contribution in [0.25, 0.3) is 0 Å². The second-order valence-corrected chi connectivity index (χ2v) is 6.14. The first kappa shape index (κ1) is 14.5. The Balaban J connectivity index is 1.64. The van der Waals surface area contributed by atoms with E-state index in [1.807, 2.05) is 12.3 Å². The average Bonchev–Trinajstić information content (AvgIpc) is 2.97. The van der Waals surface area contributed by atoms with Crippen molar-refractivity contribution in [3.63, 3.8) is 0 Å². The molecule has 1 atom stereocenters. The van der Waals surface area contributed by atoms with Crippen LogP contribution in [-0.2, 0) is 6.42 Å². The van der Waals surface area contributed by atoms with E-state index in [1.54, 1.807) is 18.3 Å². The third kappa shape index (κ3) is 3.63. The monoisotopic (exact) mass is 305 g/mol. The lowest BCUT2D eigenvalue weighted by Crippen LogP contribution is -2.14. The van der Waals surface area contributed by atoms with E-state index >= 15 is 0 Å². The van der Waals surface area contributed by atoms with Gasteiger partial charge in [-0.1, -0.05) is 30.9 Å². The molecule has 0 radical (unpaired) electrons. The summed E-state index contributed by atoms with van der Waals surface area (Å²) in [5.74, 6) is 0. The number of hydrogen-bond acceptors (Lipinski definition) is 3. The Morgan fingerprint density at radius 3 is 2.76 bits per heavy atom. The lowest BCUT2D eigenvalue weighted by molar-refractivity contribution is 0.172. The molecule has 0 bridgehead atoms. The first-order valence-electron chi connectivity index (χ1n) is 7.56. The summed E-state index contributed by atoms with van der Waals surface area (Å²) in [7, 11) is 0. The summed E-state index contributed by atoms with van der Waals surface area (Å²) in [4.78, 5) is 4.15. The van der Waals surface area contributed by atoms with Gasteiger partial charge in [0.25, 0.3) is 0 Å². The average molecular weight is 306 g/mol. The van der Waals surface area contributed by atoms with Crippen molar-refractivity contribution in [2.45, 2.75) is 50.7 Å². The van der Waals surface area contributed by atoms with Gasteiger partial charge in [-0.25, -0.2) is 0 Å². The van der Waals surface area contributed by atoms with Gasteiger partial charge in [0.15, 0.2) is 0 Å². The van der Waals surface area contributed by atoms with E-state index in [2.05, 4.69) is 14.8 Å². The highest BCUT2D eigenvalue weighted by Gasteiger charge is 2.17. The van der Waals surface area contributed by atoms with Crippen molar-refractivity contribution in [3.8, 4) is 0 Å². The van der Waals surface area contributed by atoms with Gasteiger partial charge in [-0.05, 0) is 31.0 Å². The Kier molecular flexibility index (Phi) is 4.56. The number of nitrogens with zero attached hydrogens (tertiary/aromatic N) is 3. The number of aromatic nitrogens is 3. The van der Waals surface area contributed by atoms with E-state index < -0.39 is 6.10 Å². The molecule has 5 heteroatoms.